The average Bonchev–Trinajstić information content (AvgIpc) is 2.92. The molecule has 1 aliphatic rings. The second kappa shape index (κ2) is 6.41. The third kappa shape index (κ3) is 3.59. The molecule has 19 heavy (non-hydrogen) atoms. The van der Waals surface area contributed by atoms with Crippen molar-refractivity contribution in [2.45, 2.75) is 26.3 Å². The molecule has 1 unspecified atom stereocenters. The number of nitrogens with zero attached hydrogens (tertiary/aromatic N) is 2. The first-order chi connectivity index (χ1) is 9.20. The second-order valence-corrected chi connectivity index (χ2v) is 4.79. The molecular formula is C14H20N2O3. The lowest BCUT2D eigenvalue weighted by Gasteiger charge is -2.31. The van der Waals surface area contributed by atoms with E-state index < -0.39 is 0 Å². The highest BCUT2D eigenvalue weighted by atomic mass is 16.5. The van der Waals surface area contributed by atoms with Gasteiger partial charge in [-0.15, -0.1) is 0 Å². The molecule has 2 rings (SSSR count). The fraction of sp³-hybridized carbons (Fsp3) is 0.571. The first kappa shape index (κ1) is 13.6. The average molecular weight is 264 g/mol. The van der Waals surface area contributed by atoms with Crippen LogP contribution in [0.5, 0.6) is 0 Å². The Morgan fingerprint density at radius 3 is 2.74 bits per heavy atom. The molecule has 0 spiro atoms. The first-order valence-electron chi connectivity index (χ1n) is 6.76. The minimum absolute atomic E-state index is 0.0604. The van der Waals surface area contributed by atoms with Gasteiger partial charge in [0.1, 0.15) is 6.54 Å². The van der Waals surface area contributed by atoms with Crippen molar-refractivity contribution in [3.63, 3.8) is 0 Å². The maximum absolute atomic E-state index is 12.1. The molecule has 2 heterocycles. The van der Waals surface area contributed by atoms with Gasteiger partial charge in [-0.25, -0.2) is 0 Å². The Kier molecular flexibility index (Phi) is 4.60. The molecule has 1 aromatic rings. The van der Waals surface area contributed by atoms with E-state index in [2.05, 4.69) is 0 Å². The number of carbonyl (C=O) groups is 2. The Labute approximate surface area is 113 Å². The van der Waals surface area contributed by atoms with Crippen LogP contribution in [0.4, 0.5) is 0 Å². The number of aromatic nitrogens is 1. The van der Waals surface area contributed by atoms with Crippen LogP contribution in [0.15, 0.2) is 24.5 Å². The summed E-state index contributed by atoms with van der Waals surface area (Å²) in [5.41, 5.74) is 0. The van der Waals surface area contributed by atoms with E-state index in [4.69, 9.17) is 4.74 Å². The van der Waals surface area contributed by atoms with Crippen molar-refractivity contribution in [3.8, 4) is 0 Å². The van der Waals surface area contributed by atoms with Gasteiger partial charge in [0.05, 0.1) is 12.5 Å². The predicted molar refractivity (Wildman–Crippen MR) is 70.4 cm³/mol. The van der Waals surface area contributed by atoms with Crippen molar-refractivity contribution < 1.29 is 14.3 Å². The van der Waals surface area contributed by atoms with Crippen LogP contribution in [0.2, 0.25) is 0 Å². The van der Waals surface area contributed by atoms with Gasteiger partial charge in [-0.1, -0.05) is 0 Å². The fourth-order valence-corrected chi connectivity index (χ4v) is 2.39. The summed E-state index contributed by atoms with van der Waals surface area (Å²) in [6, 6.07) is 3.79. The zero-order valence-electron chi connectivity index (χ0n) is 11.2. The minimum atomic E-state index is -0.180. The lowest BCUT2D eigenvalue weighted by Crippen LogP contribution is -2.44. The molecule has 1 amide bonds. The molecule has 1 atom stereocenters. The second-order valence-electron chi connectivity index (χ2n) is 4.79. The van der Waals surface area contributed by atoms with Crippen LogP contribution in [-0.2, 0) is 20.9 Å². The van der Waals surface area contributed by atoms with Crippen molar-refractivity contribution in [1.82, 2.24) is 9.47 Å². The van der Waals surface area contributed by atoms with Gasteiger partial charge in [-0.05, 0) is 31.9 Å². The number of piperidine rings is 1. The van der Waals surface area contributed by atoms with Gasteiger partial charge in [0, 0.05) is 25.5 Å². The van der Waals surface area contributed by atoms with E-state index in [1.54, 1.807) is 11.8 Å². The standard InChI is InChI=1S/C14H20N2O3/c1-2-19-14(18)12-6-5-9-16(10-12)13(17)11-15-7-3-4-8-15/h3-4,7-8,12H,2,5-6,9-11H2,1H3. The van der Waals surface area contributed by atoms with Gasteiger partial charge in [0.2, 0.25) is 5.91 Å². The largest absolute Gasteiger partial charge is 0.466 e. The molecule has 0 saturated carbocycles. The number of ether oxygens (including phenoxy) is 1. The molecule has 1 aliphatic heterocycles. The monoisotopic (exact) mass is 264 g/mol. The lowest BCUT2D eigenvalue weighted by atomic mass is 9.98. The van der Waals surface area contributed by atoms with Crippen LogP contribution in [0.3, 0.4) is 0 Å². The van der Waals surface area contributed by atoms with E-state index in [0.717, 1.165) is 19.4 Å². The van der Waals surface area contributed by atoms with E-state index in [9.17, 15) is 9.59 Å². The normalized spacial score (nSPS) is 19.2. The van der Waals surface area contributed by atoms with Crippen LogP contribution in [0.1, 0.15) is 19.8 Å². The Hall–Kier alpha value is -1.78. The number of rotatable bonds is 4. The van der Waals surface area contributed by atoms with Crippen LogP contribution >= 0.6 is 0 Å². The van der Waals surface area contributed by atoms with Crippen molar-refractivity contribution in [1.29, 1.82) is 0 Å². The molecule has 0 N–H and O–H groups in total. The van der Waals surface area contributed by atoms with Crippen molar-refractivity contribution in [2.24, 2.45) is 5.92 Å². The van der Waals surface area contributed by atoms with Crippen molar-refractivity contribution in [3.05, 3.63) is 24.5 Å². The quantitative estimate of drug-likeness (QED) is 0.770. The molecule has 1 aromatic heterocycles. The highest BCUT2D eigenvalue weighted by molar-refractivity contribution is 5.78. The lowest BCUT2D eigenvalue weighted by molar-refractivity contribution is -0.151. The number of amides is 1. The van der Waals surface area contributed by atoms with E-state index in [1.807, 2.05) is 29.1 Å². The summed E-state index contributed by atoms with van der Waals surface area (Å²) in [5.74, 6) is -0.284. The van der Waals surface area contributed by atoms with E-state index >= 15 is 0 Å². The molecule has 0 aromatic carbocycles. The molecule has 0 aliphatic carbocycles. The third-order valence-electron chi connectivity index (χ3n) is 3.38. The zero-order chi connectivity index (χ0) is 13.7. The smallest absolute Gasteiger partial charge is 0.310 e. The Morgan fingerprint density at radius 2 is 2.05 bits per heavy atom. The summed E-state index contributed by atoms with van der Waals surface area (Å²) in [7, 11) is 0. The summed E-state index contributed by atoms with van der Waals surface area (Å²) >= 11 is 0. The Balaban J connectivity index is 1.89. The number of hydrogen-bond acceptors (Lipinski definition) is 3. The van der Waals surface area contributed by atoms with Gasteiger partial charge in [-0.3, -0.25) is 9.59 Å². The highest BCUT2D eigenvalue weighted by Gasteiger charge is 2.29. The fourth-order valence-electron chi connectivity index (χ4n) is 2.39. The maximum Gasteiger partial charge on any atom is 0.310 e. The molecule has 0 bridgehead atoms. The zero-order valence-corrected chi connectivity index (χ0v) is 11.2. The topological polar surface area (TPSA) is 51.5 Å². The summed E-state index contributed by atoms with van der Waals surface area (Å²) in [4.78, 5) is 25.6. The Morgan fingerprint density at radius 1 is 1.32 bits per heavy atom. The number of likely N-dealkylation sites (tertiary alicyclic amines) is 1. The van der Waals surface area contributed by atoms with Crippen LogP contribution < -0.4 is 0 Å². The van der Waals surface area contributed by atoms with Crippen molar-refractivity contribution in [2.75, 3.05) is 19.7 Å². The molecule has 5 heteroatoms. The molecule has 0 radical (unpaired) electrons. The summed E-state index contributed by atoms with van der Waals surface area (Å²) in [6.07, 6.45) is 5.41. The number of hydrogen-bond donors (Lipinski definition) is 0. The van der Waals surface area contributed by atoms with E-state index in [0.29, 0.717) is 19.7 Å². The minimum Gasteiger partial charge on any atom is -0.466 e. The van der Waals surface area contributed by atoms with E-state index in [1.165, 1.54) is 0 Å². The SMILES string of the molecule is CCOC(=O)C1CCCN(C(=O)Cn2cccc2)C1. The summed E-state index contributed by atoms with van der Waals surface area (Å²) in [6.45, 7) is 3.75. The number of esters is 1. The van der Waals surface area contributed by atoms with Gasteiger partial charge in [0.25, 0.3) is 0 Å². The third-order valence-corrected chi connectivity index (χ3v) is 3.38. The van der Waals surface area contributed by atoms with Crippen LogP contribution in [-0.4, -0.2) is 41.0 Å². The van der Waals surface area contributed by atoms with Gasteiger partial charge in [0.15, 0.2) is 0 Å². The van der Waals surface area contributed by atoms with Gasteiger partial charge >= 0.3 is 5.97 Å². The predicted octanol–water partition coefficient (Wildman–Crippen LogP) is 1.29. The van der Waals surface area contributed by atoms with Crippen LogP contribution in [0, 0.1) is 5.92 Å². The molecule has 1 fully saturated rings. The molecule has 5 nitrogen and oxygen atoms in total. The molecule has 1 saturated heterocycles. The van der Waals surface area contributed by atoms with Crippen molar-refractivity contribution >= 4 is 11.9 Å². The van der Waals surface area contributed by atoms with Crippen LogP contribution in [0.25, 0.3) is 0 Å². The summed E-state index contributed by atoms with van der Waals surface area (Å²) < 4.78 is 6.88. The maximum atomic E-state index is 12.1. The van der Waals surface area contributed by atoms with Gasteiger partial charge < -0.3 is 14.2 Å². The van der Waals surface area contributed by atoms with E-state index in [-0.39, 0.29) is 17.8 Å². The van der Waals surface area contributed by atoms with Gasteiger partial charge in [-0.2, -0.15) is 0 Å². The molecular weight excluding hydrogens is 244 g/mol. The Bertz CT molecular complexity index is 428. The first-order valence-corrected chi connectivity index (χ1v) is 6.76. The summed E-state index contributed by atoms with van der Waals surface area (Å²) in [5, 5.41) is 0. The highest BCUT2D eigenvalue weighted by Crippen LogP contribution is 2.18. The number of carbonyl (C=O) groups excluding carboxylic acids is 2. The molecule has 104 valence electrons.